The molecule has 4 heteroatoms. The van der Waals surface area contributed by atoms with E-state index < -0.39 is 5.82 Å². The topological polar surface area (TPSA) is 38.0 Å². The lowest BCUT2D eigenvalue weighted by molar-refractivity contribution is 0.468. The molecule has 1 aromatic carbocycles. The van der Waals surface area contributed by atoms with Gasteiger partial charge in [0.1, 0.15) is 11.4 Å². The standard InChI is InChI=1S/C10H9FN2O/c1-7-5-12-13(6-7)10-3-2-8(14)4-9(10)11/h2-6,14H,1H3. The highest BCUT2D eigenvalue weighted by Crippen LogP contribution is 2.18. The molecule has 2 rings (SSSR count). The lowest BCUT2D eigenvalue weighted by Crippen LogP contribution is -1.97. The number of nitrogens with zero attached hydrogens (tertiary/aromatic N) is 2. The van der Waals surface area contributed by atoms with Crippen molar-refractivity contribution >= 4 is 0 Å². The minimum atomic E-state index is -0.492. The van der Waals surface area contributed by atoms with Gasteiger partial charge in [-0.15, -0.1) is 0 Å². The molecule has 3 nitrogen and oxygen atoms in total. The summed E-state index contributed by atoms with van der Waals surface area (Å²) in [5, 5.41) is 13.0. The summed E-state index contributed by atoms with van der Waals surface area (Å²) in [4.78, 5) is 0. The van der Waals surface area contributed by atoms with E-state index in [2.05, 4.69) is 5.10 Å². The Bertz CT molecular complexity index is 465. The van der Waals surface area contributed by atoms with Crippen LogP contribution in [0.3, 0.4) is 0 Å². The lowest BCUT2D eigenvalue weighted by atomic mass is 10.3. The van der Waals surface area contributed by atoms with Crippen LogP contribution >= 0.6 is 0 Å². The molecule has 14 heavy (non-hydrogen) atoms. The van der Waals surface area contributed by atoms with Crippen molar-refractivity contribution in [1.82, 2.24) is 9.78 Å². The van der Waals surface area contributed by atoms with Crippen LogP contribution in [-0.2, 0) is 0 Å². The second-order valence-corrected chi connectivity index (χ2v) is 3.10. The monoisotopic (exact) mass is 192 g/mol. The molecule has 0 bridgehead atoms. The fourth-order valence-corrected chi connectivity index (χ4v) is 1.23. The normalized spacial score (nSPS) is 10.4. The van der Waals surface area contributed by atoms with Gasteiger partial charge in [-0.1, -0.05) is 0 Å². The lowest BCUT2D eigenvalue weighted by Gasteiger charge is -2.02. The van der Waals surface area contributed by atoms with E-state index in [0.29, 0.717) is 5.69 Å². The number of aromatic nitrogens is 2. The maximum atomic E-state index is 13.3. The minimum absolute atomic E-state index is 0.0878. The van der Waals surface area contributed by atoms with E-state index >= 15 is 0 Å². The molecule has 0 fully saturated rings. The molecular formula is C10H9FN2O. The molecule has 0 amide bonds. The predicted octanol–water partition coefficient (Wildman–Crippen LogP) is 2.03. The molecule has 1 N–H and O–H groups in total. The molecule has 2 aromatic rings. The number of hydrogen-bond donors (Lipinski definition) is 1. The zero-order chi connectivity index (χ0) is 10.1. The Morgan fingerprint density at radius 3 is 2.79 bits per heavy atom. The third-order valence-corrected chi connectivity index (χ3v) is 1.89. The molecule has 0 unspecified atom stereocenters. The van der Waals surface area contributed by atoms with Crippen LogP contribution in [0.1, 0.15) is 5.56 Å². The molecule has 0 aliphatic heterocycles. The van der Waals surface area contributed by atoms with Gasteiger partial charge >= 0.3 is 0 Å². The number of phenolic OH excluding ortho intramolecular Hbond substituents is 1. The number of benzene rings is 1. The van der Waals surface area contributed by atoms with Crippen LogP contribution in [0, 0.1) is 12.7 Å². The number of rotatable bonds is 1. The molecule has 0 aliphatic carbocycles. The number of hydrogen-bond acceptors (Lipinski definition) is 2. The van der Waals surface area contributed by atoms with Crippen molar-refractivity contribution in [3.63, 3.8) is 0 Å². The van der Waals surface area contributed by atoms with Gasteiger partial charge in [0.2, 0.25) is 0 Å². The molecule has 0 aliphatic rings. The first-order chi connectivity index (χ1) is 6.66. The number of aromatic hydroxyl groups is 1. The van der Waals surface area contributed by atoms with Crippen molar-refractivity contribution in [3.05, 3.63) is 42.0 Å². The second kappa shape index (κ2) is 3.14. The Kier molecular flexibility index (Phi) is 1.96. The SMILES string of the molecule is Cc1cnn(-c2ccc(O)cc2F)c1. The van der Waals surface area contributed by atoms with Crippen LogP contribution in [0.15, 0.2) is 30.6 Å². The predicted molar refractivity (Wildman–Crippen MR) is 49.9 cm³/mol. The van der Waals surface area contributed by atoms with E-state index in [9.17, 15) is 4.39 Å². The quantitative estimate of drug-likeness (QED) is 0.750. The fraction of sp³-hybridized carbons (Fsp3) is 0.100. The zero-order valence-electron chi connectivity index (χ0n) is 7.61. The Balaban J connectivity index is 2.52. The molecule has 0 atom stereocenters. The van der Waals surface area contributed by atoms with Gasteiger partial charge in [-0.25, -0.2) is 9.07 Å². The summed E-state index contributed by atoms with van der Waals surface area (Å²) >= 11 is 0. The van der Waals surface area contributed by atoms with E-state index in [4.69, 9.17) is 5.11 Å². The largest absolute Gasteiger partial charge is 0.508 e. The van der Waals surface area contributed by atoms with Gasteiger partial charge in [-0.3, -0.25) is 0 Å². The Morgan fingerprint density at radius 2 is 2.21 bits per heavy atom. The summed E-state index contributed by atoms with van der Waals surface area (Å²) in [6.07, 6.45) is 3.36. The van der Waals surface area contributed by atoms with Crippen molar-refractivity contribution in [1.29, 1.82) is 0 Å². The summed E-state index contributed by atoms with van der Waals surface area (Å²) in [6, 6.07) is 3.97. The van der Waals surface area contributed by atoms with Gasteiger partial charge in [0.15, 0.2) is 5.82 Å². The smallest absolute Gasteiger partial charge is 0.152 e. The highest BCUT2D eigenvalue weighted by molar-refractivity contribution is 5.38. The van der Waals surface area contributed by atoms with Gasteiger partial charge < -0.3 is 5.11 Å². The Morgan fingerprint density at radius 1 is 1.43 bits per heavy atom. The van der Waals surface area contributed by atoms with E-state index in [0.717, 1.165) is 11.6 Å². The van der Waals surface area contributed by atoms with Crippen LogP contribution in [0.25, 0.3) is 5.69 Å². The van der Waals surface area contributed by atoms with Crippen LogP contribution in [-0.4, -0.2) is 14.9 Å². The van der Waals surface area contributed by atoms with E-state index in [1.54, 1.807) is 12.4 Å². The first-order valence-corrected chi connectivity index (χ1v) is 4.17. The molecule has 1 aromatic heterocycles. The number of aryl methyl sites for hydroxylation is 1. The first-order valence-electron chi connectivity index (χ1n) is 4.17. The molecule has 0 radical (unpaired) electrons. The summed E-state index contributed by atoms with van der Waals surface area (Å²) in [5.74, 6) is -0.580. The highest BCUT2D eigenvalue weighted by Gasteiger charge is 2.05. The average Bonchev–Trinajstić information content (AvgIpc) is 2.51. The van der Waals surface area contributed by atoms with Crippen LogP contribution in [0.2, 0.25) is 0 Å². The Labute approximate surface area is 80.4 Å². The highest BCUT2D eigenvalue weighted by atomic mass is 19.1. The fourth-order valence-electron chi connectivity index (χ4n) is 1.23. The molecule has 0 saturated carbocycles. The average molecular weight is 192 g/mol. The van der Waals surface area contributed by atoms with E-state index in [1.807, 2.05) is 6.92 Å². The van der Waals surface area contributed by atoms with Gasteiger partial charge in [-0.2, -0.15) is 5.10 Å². The van der Waals surface area contributed by atoms with Crippen LogP contribution in [0.5, 0.6) is 5.75 Å². The minimum Gasteiger partial charge on any atom is -0.508 e. The van der Waals surface area contributed by atoms with Gasteiger partial charge in [0.25, 0.3) is 0 Å². The molecular weight excluding hydrogens is 183 g/mol. The molecule has 72 valence electrons. The number of halogens is 1. The van der Waals surface area contributed by atoms with Crippen molar-refractivity contribution in [2.24, 2.45) is 0 Å². The number of phenols is 1. The first kappa shape index (κ1) is 8.74. The summed E-state index contributed by atoms with van der Waals surface area (Å²) in [5.41, 5.74) is 1.29. The zero-order valence-corrected chi connectivity index (χ0v) is 7.61. The van der Waals surface area contributed by atoms with Crippen molar-refractivity contribution < 1.29 is 9.50 Å². The van der Waals surface area contributed by atoms with Crippen molar-refractivity contribution in [3.8, 4) is 11.4 Å². The summed E-state index contributed by atoms with van der Waals surface area (Å²) in [6.45, 7) is 1.88. The van der Waals surface area contributed by atoms with E-state index in [1.165, 1.54) is 16.8 Å². The summed E-state index contributed by atoms with van der Waals surface area (Å²) in [7, 11) is 0. The molecule has 0 saturated heterocycles. The molecule has 1 heterocycles. The van der Waals surface area contributed by atoms with Gasteiger partial charge in [0.05, 0.1) is 6.20 Å². The van der Waals surface area contributed by atoms with Crippen molar-refractivity contribution in [2.75, 3.05) is 0 Å². The summed E-state index contributed by atoms with van der Waals surface area (Å²) < 4.78 is 14.8. The van der Waals surface area contributed by atoms with Crippen LogP contribution in [0.4, 0.5) is 4.39 Å². The van der Waals surface area contributed by atoms with E-state index in [-0.39, 0.29) is 5.75 Å². The maximum absolute atomic E-state index is 13.3. The maximum Gasteiger partial charge on any atom is 0.152 e. The van der Waals surface area contributed by atoms with Crippen LogP contribution < -0.4 is 0 Å². The third kappa shape index (κ3) is 1.46. The Hall–Kier alpha value is -1.84. The van der Waals surface area contributed by atoms with Gasteiger partial charge in [0, 0.05) is 12.3 Å². The van der Waals surface area contributed by atoms with Gasteiger partial charge in [-0.05, 0) is 24.6 Å². The second-order valence-electron chi connectivity index (χ2n) is 3.10. The third-order valence-electron chi connectivity index (χ3n) is 1.89. The van der Waals surface area contributed by atoms with Crippen molar-refractivity contribution in [2.45, 2.75) is 6.92 Å². The molecule has 0 spiro atoms.